The lowest BCUT2D eigenvalue weighted by Gasteiger charge is -2.20. The van der Waals surface area contributed by atoms with Gasteiger partial charge in [-0.2, -0.15) is 9.13 Å². The maximum absolute atomic E-state index is 9.38. The third-order valence-corrected chi connectivity index (χ3v) is 10.3. The molecular formula is C38H48N4O2S2+2. The summed E-state index contributed by atoms with van der Waals surface area (Å²) in [5.74, 6) is 2.12. The van der Waals surface area contributed by atoms with E-state index >= 15 is 0 Å². The molecule has 0 aliphatic carbocycles. The van der Waals surface area contributed by atoms with Gasteiger partial charge in [0.25, 0.3) is 0 Å². The molecule has 0 amide bonds. The first-order valence-corrected chi connectivity index (χ1v) is 18.3. The number of pyridine rings is 2. The Labute approximate surface area is 283 Å². The second-order valence-electron chi connectivity index (χ2n) is 11.3. The molecule has 2 heterocycles. The molecule has 2 aromatic heterocycles. The normalized spacial score (nSPS) is 12.0. The summed E-state index contributed by atoms with van der Waals surface area (Å²) >= 11 is 0. The maximum Gasteiger partial charge on any atom is 0.208 e. The van der Waals surface area contributed by atoms with Crippen LogP contribution in [0.5, 0.6) is 0 Å². The van der Waals surface area contributed by atoms with Crippen LogP contribution in [0.1, 0.15) is 36.4 Å². The van der Waals surface area contributed by atoms with Gasteiger partial charge in [0.2, 0.25) is 11.4 Å². The van der Waals surface area contributed by atoms with Crippen molar-refractivity contribution in [1.82, 2.24) is 0 Å². The molecule has 0 radical (unpaired) electrons. The molecule has 0 saturated heterocycles. The van der Waals surface area contributed by atoms with E-state index in [9.17, 15) is 10.2 Å². The Hall–Kier alpha value is -3.56. The summed E-state index contributed by atoms with van der Waals surface area (Å²) in [7, 11) is 8.18. The Kier molecular flexibility index (Phi) is 14.2. The SMILES string of the molecule is CC(=Cc1ccc(N(C)CCSSCCN(C)c2ccc(C=C(C)c3cccc[n+]3CCO)cc2)cc1)c1cccc[n+]1CCO. The second-order valence-corrected chi connectivity index (χ2v) is 14.0. The van der Waals surface area contributed by atoms with Crippen LogP contribution in [0.25, 0.3) is 23.3 Å². The number of allylic oxidation sites excluding steroid dienone is 2. The Balaban J connectivity index is 1.18. The van der Waals surface area contributed by atoms with Crippen LogP contribution in [-0.4, -0.2) is 62.1 Å². The average Bonchev–Trinajstić information content (AvgIpc) is 3.07. The number of aliphatic hydroxyl groups is 2. The van der Waals surface area contributed by atoms with E-state index < -0.39 is 0 Å². The average molecular weight is 657 g/mol. The van der Waals surface area contributed by atoms with Gasteiger partial charge in [-0.25, -0.2) is 0 Å². The standard InChI is InChI=1S/C38H48N4O2S2/c1-31(37-9-5-7-19-41(37)21-25-43)29-33-11-15-35(16-12-33)39(3)23-27-45-46-28-24-40(4)36-17-13-34(14-18-36)30-32(2)38-10-6-8-20-42(38)22-26-44/h5-20,29-30,43-44H,21-28H2,1-4H3/q+2. The lowest BCUT2D eigenvalue weighted by Crippen LogP contribution is -2.38. The fourth-order valence-corrected chi connectivity index (χ4v) is 7.38. The summed E-state index contributed by atoms with van der Waals surface area (Å²) in [5, 5.41) is 18.8. The first-order valence-electron chi connectivity index (χ1n) is 15.8. The number of aromatic nitrogens is 2. The van der Waals surface area contributed by atoms with Gasteiger partial charge in [-0.05, 0) is 73.5 Å². The van der Waals surface area contributed by atoms with E-state index in [1.54, 1.807) is 0 Å². The number of rotatable bonds is 17. The predicted octanol–water partition coefficient (Wildman–Crippen LogP) is 6.32. The van der Waals surface area contributed by atoms with Gasteiger partial charge >= 0.3 is 0 Å². The third kappa shape index (κ3) is 10.5. The largest absolute Gasteiger partial charge is 0.390 e. The molecule has 0 atom stereocenters. The van der Waals surface area contributed by atoms with E-state index in [-0.39, 0.29) is 13.2 Å². The van der Waals surface area contributed by atoms with Gasteiger partial charge in [-0.1, -0.05) is 45.9 Å². The first-order chi connectivity index (χ1) is 22.4. The Morgan fingerprint density at radius 1 is 0.609 bits per heavy atom. The van der Waals surface area contributed by atoms with Crippen LogP contribution in [0.15, 0.2) is 97.3 Å². The zero-order valence-electron chi connectivity index (χ0n) is 27.5. The summed E-state index contributed by atoms with van der Waals surface area (Å²) in [6.45, 7) is 7.65. The van der Waals surface area contributed by atoms with E-state index in [4.69, 9.17) is 0 Å². The molecule has 0 aliphatic rings. The Bertz CT molecular complexity index is 1450. The van der Waals surface area contributed by atoms with Gasteiger partial charge < -0.3 is 20.0 Å². The molecule has 0 spiro atoms. The maximum atomic E-state index is 9.38. The van der Waals surface area contributed by atoms with Crippen molar-refractivity contribution in [2.75, 3.05) is 61.7 Å². The smallest absolute Gasteiger partial charge is 0.208 e. The molecule has 0 unspecified atom stereocenters. The van der Waals surface area contributed by atoms with Gasteiger partial charge in [-0.15, -0.1) is 0 Å². The van der Waals surface area contributed by atoms with Crippen LogP contribution in [-0.2, 0) is 13.1 Å². The van der Waals surface area contributed by atoms with Crippen molar-refractivity contribution in [1.29, 1.82) is 0 Å². The summed E-state index contributed by atoms with van der Waals surface area (Å²) in [6.07, 6.45) is 8.42. The van der Waals surface area contributed by atoms with Crippen LogP contribution in [0.2, 0.25) is 0 Å². The molecule has 8 heteroatoms. The van der Waals surface area contributed by atoms with E-state index in [2.05, 4.69) is 120 Å². The molecule has 46 heavy (non-hydrogen) atoms. The van der Waals surface area contributed by atoms with Gasteiger partial charge in [0, 0.05) is 85.5 Å². The fourth-order valence-electron chi connectivity index (χ4n) is 5.30. The van der Waals surface area contributed by atoms with E-state index in [0.717, 1.165) is 36.0 Å². The van der Waals surface area contributed by atoms with E-state index in [0.29, 0.717) is 13.1 Å². The summed E-state index contributed by atoms with van der Waals surface area (Å²) in [6, 6.07) is 29.7. The zero-order valence-corrected chi connectivity index (χ0v) is 29.2. The molecule has 0 bridgehead atoms. The number of benzene rings is 2. The molecule has 2 N–H and O–H groups in total. The Morgan fingerprint density at radius 2 is 1.00 bits per heavy atom. The van der Waals surface area contributed by atoms with Crippen molar-refractivity contribution in [2.24, 2.45) is 0 Å². The van der Waals surface area contributed by atoms with Crippen LogP contribution in [0, 0.1) is 0 Å². The lowest BCUT2D eigenvalue weighted by molar-refractivity contribution is -0.700. The van der Waals surface area contributed by atoms with Gasteiger partial charge in [0.05, 0.1) is 0 Å². The highest BCUT2D eigenvalue weighted by Gasteiger charge is 2.12. The second kappa shape index (κ2) is 18.6. The van der Waals surface area contributed by atoms with Crippen molar-refractivity contribution >= 4 is 56.3 Å². The number of hydrogen-bond acceptors (Lipinski definition) is 6. The van der Waals surface area contributed by atoms with Gasteiger partial charge in [-0.3, -0.25) is 0 Å². The summed E-state index contributed by atoms with van der Waals surface area (Å²) in [4.78, 5) is 4.63. The van der Waals surface area contributed by atoms with Crippen molar-refractivity contribution < 1.29 is 19.3 Å². The number of hydrogen-bond donors (Lipinski definition) is 2. The molecule has 4 aromatic rings. The van der Waals surface area contributed by atoms with Gasteiger partial charge in [0.15, 0.2) is 25.5 Å². The van der Waals surface area contributed by atoms with Crippen molar-refractivity contribution in [2.45, 2.75) is 26.9 Å². The number of aliphatic hydroxyl groups excluding tert-OH is 2. The minimum atomic E-state index is 0.126. The molecular weight excluding hydrogens is 609 g/mol. The lowest BCUT2D eigenvalue weighted by atomic mass is 10.1. The Morgan fingerprint density at radius 3 is 1.37 bits per heavy atom. The van der Waals surface area contributed by atoms with E-state index in [1.807, 2.05) is 58.2 Å². The molecule has 2 aromatic carbocycles. The summed E-state index contributed by atoms with van der Waals surface area (Å²) < 4.78 is 4.17. The quantitative estimate of drug-likeness (QED) is 0.0789. The highest BCUT2D eigenvalue weighted by Crippen LogP contribution is 2.24. The third-order valence-electron chi connectivity index (χ3n) is 7.91. The first kappa shape index (κ1) is 35.3. The highest BCUT2D eigenvalue weighted by molar-refractivity contribution is 8.76. The van der Waals surface area contributed by atoms with Crippen LogP contribution >= 0.6 is 21.6 Å². The number of anilines is 2. The van der Waals surface area contributed by atoms with Crippen LogP contribution < -0.4 is 18.9 Å². The highest BCUT2D eigenvalue weighted by atomic mass is 33.1. The fraction of sp³-hybridized carbons (Fsp3) is 0.316. The molecule has 6 nitrogen and oxygen atoms in total. The van der Waals surface area contributed by atoms with Crippen LogP contribution in [0.4, 0.5) is 11.4 Å². The van der Waals surface area contributed by atoms with Gasteiger partial charge in [0.1, 0.15) is 13.2 Å². The molecule has 0 fully saturated rings. The van der Waals surface area contributed by atoms with Crippen molar-refractivity contribution in [3.8, 4) is 0 Å². The van der Waals surface area contributed by atoms with Crippen molar-refractivity contribution in [3.05, 3.63) is 120 Å². The van der Waals surface area contributed by atoms with Crippen molar-refractivity contribution in [3.63, 3.8) is 0 Å². The minimum Gasteiger partial charge on any atom is -0.390 e. The molecule has 4 rings (SSSR count). The summed E-state index contributed by atoms with van der Waals surface area (Å²) in [5.41, 5.74) is 9.36. The molecule has 0 aliphatic heterocycles. The van der Waals surface area contributed by atoms with E-state index in [1.165, 1.54) is 33.6 Å². The monoisotopic (exact) mass is 656 g/mol. The molecule has 0 saturated carbocycles. The minimum absolute atomic E-state index is 0.126. The topological polar surface area (TPSA) is 54.7 Å². The van der Waals surface area contributed by atoms with Crippen LogP contribution in [0.3, 0.4) is 0 Å². The molecule has 242 valence electrons. The predicted molar refractivity (Wildman–Crippen MR) is 199 cm³/mol. The zero-order chi connectivity index (χ0) is 32.7. The number of nitrogens with zero attached hydrogens (tertiary/aromatic N) is 4.